The third-order valence-electron chi connectivity index (χ3n) is 3.07. The number of aliphatic hydroxyl groups is 1. The number of nitrogens with one attached hydrogen (secondary N) is 1. The first kappa shape index (κ1) is 15.5. The maximum Gasteiger partial charge on any atom is 0.251 e. The maximum atomic E-state index is 11.9. The van der Waals surface area contributed by atoms with Crippen molar-refractivity contribution >= 4 is 5.91 Å². The van der Waals surface area contributed by atoms with Gasteiger partial charge in [0.2, 0.25) is 0 Å². The van der Waals surface area contributed by atoms with Crippen LogP contribution in [-0.2, 0) is 0 Å². The van der Waals surface area contributed by atoms with Gasteiger partial charge in [0.25, 0.3) is 5.91 Å². The molecule has 106 valence electrons. The van der Waals surface area contributed by atoms with Crippen LogP contribution in [0.15, 0.2) is 18.2 Å². The van der Waals surface area contributed by atoms with E-state index in [-0.39, 0.29) is 23.7 Å². The van der Waals surface area contributed by atoms with Crippen molar-refractivity contribution in [2.45, 2.75) is 33.6 Å². The van der Waals surface area contributed by atoms with Crippen molar-refractivity contribution in [3.63, 3.8) is 0 Å². The van der Waals surface area contributed by atoms with E-state index in [9.17, 15) is 9.90 Å². The Kier molecular flexibility index (Phi) is 5.36. The Morgan fingerprint density at radius 3 is 2.58 bits per heavy atom. The zero-order chi connectivity index (χ0) is 14.5. The average molecular weight is 265 g/mol. The van der Waals surface area contributed by atoms with Crippen LogP contribution in [-0.4, -0.2) is 29.3 Å². The fraction of sp³-hybridized carbons (Fsp3) is 0.533. The molecule has 19 heavy (non-hydrogen) atoms. The Balaban J connectivity index is 2.43. The van der Waals surface area contributed by atoms with Crippen LogP contribution >= 0.6 is 0 Å². The summed E-state index contributed by atoms with van der Waals surface area (Å²) in [5, 5.41) is 21.4. The number of carbonyl (C=O) groups is 1. The number of rotatable bonds is 6. The van der Waals surface area contributed by atoms with E-state index in [1.54, 1.807) is 12.1 Å². The highest BCUT2D eigenvalue weighted by atomic mass is 16.3. The van der Waals surface area contributed by atoms with E-state index in [0.29, 0.717) is 12.1 Å². The van der Waals surface area contributed by atoms with Crippen molar-refractivity contribution in [1.82, 2.24) is 5.32 Å². The lowest BCUT2D eigenvalue weighted by molar-refractivity contribution is 0.0948. The third-order valence-corrected chi connectivity index (χ3v) is 3.07. The molecule has 3 N–H and O–H groups in total. The Labute approximate surface area is 114 Å². The lowest BCUT2D eigenvalue weighted by atomic mass is 9.89. The van der Waals surface area contributed by atoms with E-state index in [0.717, 1.165) is 18.4 Å². The van der Waals surface area contributed by atoms with Crippen LogP contribution in [0.2, 0.25) is 0 Å². The van der Waals surface area contributed by atoms with Crippen LogP contribution in [0.3, 0.4) is 0 Å². The largest absolute Gasteiger partial charge is 0.508 e. The van der Waals surface area contributed by atoms with Crippen LogP contribution in [0, 0.1) is 12.3 Å². The number of hydrogen-bond donors (Lipinski definition) is 3. The summed E-state index contributed by atoms with van der Waals surface area (Å²) in [6, 6.07) is 4.81. The van der Waals surface area contributed by atoms with Gasteiger partial charge in [-0.1, -0.05) is 13.8 Å². The minimum Gasteiger partial charge on any atom is -0.508 e. The number of aryl methyl sites for hydroxylation is 1. The highest BCUT2D eigenvalue weighted by molar-refractivity contribution is 5.94. The van der Waals surface area contributed by atoms with Crippen LogP contribution < -0.4 is 5.32 Å². The van der Waals surface area contributed by atoms with E-state index < -0.39 is 0 Å². The zero-order valence-electron chi connectivity index (χ0n) is 11.9. The normalized spacial score (nSPS) is 11.4. The Bertz CT molecular complexity index is 421. The van der Waals surface area contributed by atoms with Gasteiger partial charge >= 0.3 is 0 Å². The molecule has 0 saturated heterocycles. The van der Waals surface area contributed by atoms with Gasteiger partial charge < -0.3 is 15.5 Å². The predicted octanol–water partition coefficient (Wildman–Crippen LogP) is 2.23. The first-order chi connectivity index (χ1) is 8.84. The van der Waals surface area contributed by atoms with Gasteiger partial charge in [-0.2, -0.15) is 0 Å². The van der Waals surface area contributed by atoms with Gasteiger partial charge in [0.1, 0.15) is 5.75 Å². The number of carbonyl (C=O) groups excluding carboxylic acids is 1. The molecule has 0 aromatic heterocycles. The van der Waals surface area contributed by atoms with Crippen molar-refractivity contribution in [3.05, 3.63) is 29.3 Å². The molecule has 0 heterocycles. The lowest BCUT2D eigenvalue weighted by Gasteiger charge is -2.21. The summed E-state index contributed by atoms with van der Waals surface area (Å²) in [4.78, 5) is 11.9. The van der Waals surface area contributed by atoms with Gasteiger partial charge in [-0.25, -0.2) is 0 Å². The van der Waals surface area contributed by atoms with Crippen molar-refractivity contribution in [3.8, 4) is 5.75 Å². The Morgan fingerprint density at radius 2 is 2.00 bits per heavy atom. The van der Waals surface area contributed by atoms with E-state index in [1.165, 1.54) is 6.07 Å². The summed E-state index contributed by atoms with van der Waals surface area (Å²) in [7, 11) is 0. The van der Waals surface area contributed by atoms with Gasteiger partial charge in [0, 0.05) is 18.7 Å². The van der Waals surface area contributed by atoms with Crippen molar-refractivity contribution in [2.75, 3.05) is 13.2 Å². The van der Waals surface area contributed by atoms with Gasteiger partial charge in [0.15, 0.2) is 0 Å². The quantitative estimate of drug-likeness (QED) is 0.691. The van der Waals surface area contributed by atoms with Gasteiger partial charge in [-0.15, -0.1) is 0 Å². The second-order valence-electron chi connectivity index (χ2n) is 5.74. The average Bonchev–Trinajstić information content (AvgIpc) is 2.33. The molecule has 1 rings (SSSR count). The van der Waals surface area contributed by atoms with Gasteiger partial charge in [-0.3, -0.25) is 4.79 Å². The monoisotopic (exact) mass is 265 g/mol. The second-order valence-corrected chi connectivity index (χ2v) is 5.74. The fourth-order valence-corrected chi connectivity index (χ4v) is 1.84. The van der Waals surface area contributed by atoms with Crippen LogP contribution in [0.1, 0.15) is 42.6 Å². The molecule has 0 bridgehead atoms. The number of aliphatic hydroxyl groups excluding tert-OH is 1. The maximum absolute atomic E-state index is 11.9. The molecular formula is C15H23NO3. The molecule has 1 aromatic carbocycles. The molecule has 0 aliphatic carbocycles. The third kappa shape index (κ3) is 5.30. The summed E-state index contributed by atoms with van der Waals surface area (Å²) < 4.78 is 0. The van der Waals surface area contributed by atoms with Gasteiger partial charge in [0.05, 0.1) is 0 Å². The molecule has 0 atom stereocenters. The number of amides is 1. The number of phenolic OH excluding ortho intramolecular Hbond substituents is 1. The lowest BCUT2D eigenvalue weighted by Crippen LogP contribution is -2.26. The van der Waals surface area contributed by atoms with Crippen LogP contribution in [0.25, 0.3) is 0 Å². The SMILES string of the molecule is Cc1cc(O)cc(C(=O)NCCCC(C)(C)CO)c1. The molecule has 0 unspecified atom stereocenters. The molecule has 0 fully saturated rings. The van der Waals surface area contributed by atoms with Crippen LogP contribution in [0.4, 0.5) is 0 Å². The van der Waals surface area contributed by atoms with E-state index in [4.69, 9.17) is 5.11 Å². The van der Waals surface area contributed by atoms with Crippen molar-refractivity contribution in [1.29, 1.82) is 0 Å². The summed E-state index contributed by atoms with van der Waals surface area (Å²) in [5.41, 5.74) is 1.22. The van der Waals surface area contributed by atoms with E-state index in [2.05, 4.69) is 5.32 Å². The highest BCUT2D eigenvalue weighted by Crippen LogP contribution is 2.20. The van der Waals surface area contributed by atoms with E-state index in [1.807, 2.05) is 20.8 Å². The van der Waals surface area contributed by atoms with Crippen molar-refractivity contribution in [2.24, 2.45) is 5.41 Å². The topological polar surface area (TPSA) is 69.6 Å². The summed E-state index contributed by atoms with van der Waals surface area (Å²) in [6.45, 7) is 6.53. The molecule has 4 nitrogen and oxygen atoms in total. The molecule has 0 aliphatic heterocycles. The minimum atomic E-state index is -0.180. The second kappa shape index (κ2) is 6.57. The Hall–Kier alpha value is -1.55. The molecule has 0 saturated carbocycles. The number of aromatic hydroxyl groups is 1. The Morgan fingerprint density at radius 1 is 1.32 bits per heavy atom. The molecule has 0 spiro atoms. The van der Waals surface area contributed by atoms with Crippen molar-refractivity contribution < 1.29 is 15.0 Å². The predicted molar refractivity (Wildman–Crippen MR) is 75.3 cm³/mol. The molecule has 0 aliphatic rings. The molecule has 4 heteroatoms. The molecular weight excluding hydrogens is 242 g/mol. The first-order valence-corrected chi connectivity index (χ1v) is 6.54. The van der Waals surface area contributed by atoms with E-state index >= 15 is 0 Å². The molecule has 1 aromatic rings. The number of phenols is 1. The smallest absolute Gasteiger partial charge is 0.251 e. The zero-order valence-corrected chi connectivity index (χ0v) is 11.9. The van der Waals surface area contributed by atoms with Gasteiger partial charge in [-0.05, 0) is 48.9 Å². The molecule has 1 amide bonds. The fourth-order valence-electron chi connectivity index (χ4n) is 1.84. The van der Waals surface area contributed by atoms with Crippen LogP contribution in [0.5, 0.6) is 5.75 Å². The summed E-state index contributed by atoms with van der Waals surface area (Å²) >= 11 is 0. The molecule has 0 radical (unpaired) electrons. The number of benzene rings is 1. The first-order valence-electron chi connectivity index (χ1n) is 6.54. The summed E-state index contributed by atoms with van der Waals surface area (Å²) in [6.07, 6.45) is 1.67. The summed E-state index contributed by atoms with van der Waals surface area (Å²) in [5.74, 6) is -0.0765. The number of hydrogen-bond acceptors (Lipinski definition) is 3. The standard InChI is InChI=1S/C15H23NO3/c1-11-7-12(9-13(18)8-11)14(19)16-6-4-5-15(2,3)10-17/h7-9,17-18H,4-6,10H2,1-3H3,(H,16,19). The minimum absolute atomic E-state index is 0.103. The highest BCUT2D eigenvalue weighted by Gasteiger charge is 2.15.